The monoisotopic (exact) mass is 452 g/mol. The van der Waals surface area contributed by atoms with Gasteiger partial charge in [-0.25, -0.2) is 0 Å². The molecule has 0 radical (unpaired) electrons. The Morgan fingerprint density at radius 2 is 1.29 bits per heavy atom. The van der Waals surface area contributed by atoms with Crippen molar-refractivity contribution in [2.45, 2.75) is 0 Å². The molecule has 0 aliphatic rings. The molecule has 0 amide bonds. The Morgan fingerprint density at radius 3 is 1.75 bits per heavy atom. The van der Waals surface area contributed by atoms with Gasteiger partial charge in [0.05, 0.1) is 33.6 Å². The van der Waals surface area contributed by atoms with Crippen molar-refractivity contribution in [1.29, 1.82) is 0 Å². The lowest BCUT2D eigenvalue weighted by molar-refractivity contribution is 0.415. The summed E-state index contributed by atoms with van der Waals surface area (Å²) < 4.78 is 14.4. The Kier molecular flexibility index (Phi) is 8.87. The predicted octanol–water partition coefficient (Wildman–Crippen LogP) is 4.57. The summed E-state index contributed by atoms with van der Waals surface area (Å²) in [6.07, 6.45) is 3.51. The molecule has 0 saturated carbocycles. The number of hydrogen-bond donors (Lipinski definition) is 0. The van der Waals surface area contributed by atoms with E-state index in [0.29, 0.717) is 5.75 Å². The fourth-order valence-corrected chi connectivity index (χ4v) is 3.13. The van der Waals surface area contributed by atoms with Gasteiger partial charge in [0.25, 0.3) is 0 Å². The van der Waals surface area contributed by atoms with Crippen molar-refractivity contribution in [3.05, 3.63) is 59.7 Å². The fourth-order valence-electron chi connectivity index (χ4n) is 1.87. The van der Waals surface area contributed by atoms with E-state index in [9.17, 15) is 0 Å². The lowest BCUT2D eigenvalue weighted by atomic mass is 10.2. The van der Waals surface area contributed by atoms with Gasteiger partial charge in [-0.3, -0.25) is 4.52 Å². The van der Waals surface area contributed by atoms with E-state index in [0.717, 1.165) is 16.9 Å². The molecule has 0 fully saturated rings. The largest absolute Gasteiger partial charge is 0.540 e. The van der Waals surface area contributed by atoms with Crippen LogP contribution in [-0.4, -0.2) is 49.9 Å². The number of hydrogen-bond acceptors (Lipinski definition) is 6. The maximum Gasteiger partial charge on any atom is 0.540 e. The van der Waals surface area contributed by atoms with Gasteiger partial charge >= 0.3 is 13.9 Å². The average molecular weight is 452 g/mol. The minimum Gasteiger partial charge on any atom is -0.497 e. The second kappa shape index (κ2) is 11.1. The van der Waals surface area contributed by atoms with E-state index in [2.05, 4.69) is 10.2 Å². The van der Waals surface area contributed by atoms with Crippen LogP contribution in [0.15, 0.2) is 58.7 Å². The first-order valence-electron chi connectivity index (χ1n) is 8.24. The second-order valence-corrected chi connectivity index (χ2v) is 10.9. The van der Waals surface area contributed by atoms with Crippen LogP contribution in [0.3, 0.4) is 0 Å². The van der Waals surface area contributed by atoms with Gasteiger partial charge in [0.1, 0.15) is 12.4 Å². The molecular weight excluding hydrogens is 430 g/mol. The summed E-state index contributed by atoms with van der Waals surface area (Å²) in [5.41, 5.74) is 1.92. The molecule has 28 heavy (non-hydrogen) atoms. The lowest BCUT2D eigenvalue weighted by Gasteiger charge is -2.03. The molecule has 0 saturated heterocycles. The molecule has 0 aliphatic carbocycles. The molecule has 0 spiro atoms. The van der Waals surface area contributed by atoms with Crippen LogP contribution in [0.2, 0.25) is 0 Å². The summed E-state index contributed by atoms with van der Waals surface area (Å²) in [6.45, 7) is 1.32. The summed E-state index contributed by atoms with van der Waals surface area (Å²) in [5, 5.41) is 8.68. The van der Waals surface area contributed by atoms with Gasteiger partial charge in [0.2, 0.25) is 11.8 Å². The highest BCUT2D eigenvalue weighted by Gasteiger charge is 2.20. The van der Waals surface area contributed by atoms with Gasteiger partial charge in [-0.2, -0.15) is 0 Å². The lowest BCUT2D eigenvalue weighted by Crippen LogP contribution is -2.03. The highest BCUT2D eigenvalue weighted by molar-refractivity contribution is 8.03. The smallest absolute Gasteiger partial charge is 0.497 e. The summed E-state index contributed by atoms with van der Waals surface area (Å²) in [5.74, 6) is 1.50. The van der Waals surface area contributed by atoms with Crippen molar-refractivity contribution in [2.75, 3.05) is 27.9 Å². The molecule has 0 N–H and O–H groups in total. The van der Waals surface area contributed by atoms with Crippen molar-refractivity contribution in [1.82, 2.24) is 9.56 Å². The first kappa shape index (κ1) is 22.3. The van der Waals surface area contributed by atoms with Gasteiger partial charge in [0, 0.05) is 0 Å². The number of methoxy groups -OCH3 is 1. The first-order valence-corrected chi connectivity index (χ1v) is 13.2. The van der Waals surface area contributed by atoms with E-state index in [4.69, 9.17) is 32.9 Å². The molecule has 2 aromatic rings. The minimum atomic E-state index is -1.32. The van der Waals surface area contributed by atoms with Gasteiger partial charge < -0.3 is 4.74 Å². The number of nitrogens with zero attached hydrogens (tertiary/aromatic N) is 4. The third kappa shape index (κ3) is 7.21. The summed E-state index contributed by atoms with van der Waals surface area (Å²) in [6, 6.07) is 15.2. The number of rotatable bonds is 9. The van der Waals surface area contributed by atoms with Crippen LogP contribution in [0.4, 0.5) is 0 Å². The quantitative estimate of drug-likeness (QED) is 0.316. The maximum atomic E-state index is 5.82. The van der Waals surface area contributed by atoms with Crippen molar-refractivity contribution in [2.24, 2.45) is 10.2 Å². The molecule has 2 atom stereocenters. The van der Waals surface area contributed by atoms with Gasteiger partial charge in [0.15, 0.2) is 17.6 Å². The third-order valence-corrected chi connectivity index (χ3v) is 7.07. The van der Waals surface area contributed by atoms with Crippen LogP contribution in [0.1, 0.15) is 11.1 Å². The zero-order valence-electron chi connectivity index (χ0n) is 16.1. The van der Waals surface area contributed by atoms with Crippen LogP contribution < -0.4 is 9.26 Å². The SMILES string of the molecule is COc1ccc(/C=N/N(C)[P+](=S)Oc2ccc(/C=N/N(C)[P+](C)=S)cc2)cc1. The molecule has 0 aromatic heterocycles. The second-order valence-electron chi connectivity index (χ2n) is 5.60. The Labute approximate surface area is 177 Å². The number of benzene rings is 2. The topological polar surface area (TPSA) is 49.7 Å². The molecule has 6 nitrogen and oxygen atoms in total. The highest BCUT2D eigenvalue weighted by atomic mass is 32.4. The molecule has 2 aromatic carbocycles. The van der Waals surface area contributed by atoms with Gasteiger partial charge in [-0.05, 0) is 59.7 Å². The Balaban J connectivity index is 1.92. The van der Waals surface area contributed by atoms with Crippen LogP contribution in [0.25, 0.3) is 0 Å². The number of hydrazone groups is 2. The molecule has 2 rings (SSSR count). The molecule has 0 heterocycles. The Hall–Kier alpha value is -1.98. The molecular formula is C18H22N4O2P2S2+2. The highest BCUT2D eigenvalue weighted by Crippen LogP contribution is 2.30. The normalized spacial score (nSPS) is 12.1. The van der Waals surface area contributed by atoms with E-state index in [1.165, 1.54) is 0 Å². The van der Waals surface area contributed by atoms with E-state index >= 15 is 0 Å². The fraction of sp³-hybridized carbons (Fsp3) is 0.222. The predicted molar refractivity (Wildman–Crippen MR) is 125 cm³/mol. The minimum absolute atomic E-state index is 0.649. The Bertz CT molecular complexity index is 874. The van der Waals surface area contributed by atoms with Crippen LogP contribution in [0, 0.1) is 0 Å². The summed E-state index contributed by atoms with van der Waals surface area (Å²) >= 11 is 10.6. The molecule has 10 heteroatoms. The maximum absolute atomic E-state index is 5.82. The van der Waals surface area contributed by atoms with Crippen LogP contribution in [0.5, 0.6) is 11.5 Å². The van der Waals surface area contributed by atoms with Crippen molar-refractivity contribution in [3.63, 3.8) is 0 Å². The van der Waals surface area contributed by atoms with E-state index in [-0.39, 0.29) is 0 Å². The third-order valence-electron chi connectivity index (χ3n) is 3.57. The molecule has 2 unspecified atom stereocenters. The van der Waals surface area contributed by atoms with E-state index in [1.807, 2.05) is 62.2 Å². The first-order chi connectivity index (χ1) is 13.4. The molecule has 0 bridgehead atoms. The van der Waals surface area contributed by atoms with Crippen molar-refractivity contribution >= 4 is 50.0 Å². The van der Waals surface area contributed by atoms with Crippen LogP contribution in [-0.2, 0) is 23.6 Å². The Morgan fingerprint density at radius 1 is 0.821 bits per heavy atom. The average Bonchev–Trinajstić information content (AvgIpc) is 2.71. The summed E-state index contributed by atoms with van der Waals surface area (Å²) in [4.78, 5) is 0. The van der Waals surface area contributed by atoms with E-state index < -0.39 is 13.9 Å². The number of ether oxygens (including phenoxy) is 1. The van der Waals surface area contributed by atoms with Gasteiger partial charge in [-0.15, -0.1) is 15.0 Å². The van der Waals surface area contributed by atoms with Gasteiger partial charge in [-0.1, -0.05) is 4.78 Å². The zero-order valence-corrected chi connectivity index (χ0v) is 19.5. The zero-order chi connectivity index (χ0) is 20.5. The van der Waals surface area contributed by atoms with Crippen molar-refractivity contribution in [3.8, 4) is 11.5 Å². The standard InChI is InChI=1S/C18H22N4O2P2S2/c1-21(25(4)27)19-13-16-7-11-18(12-8-16)24-26(28)22(2)20-14-15-5-9-17(23-3)10-6-15/h5-14H,1-4H3/q+2/b19-13+,20-14+. The summed E-state index contributed by atoms with van der Waals surface area (Å²) in [7, 11) is 3.99. The van der Waals surface area contributed by atoms with Crippen LogP contribution >= 0.6 is 13.9 Å². The van der Waals surface area contributed by atoms with E-state index in [1.54, 1.807) is 36.1 Å². The molecule has 0 aliphatic heterocycles. The van der Waals surface area contributed by atoms with Crippen molar-refractivity contribution < 1.29 is 9.26 Å². The molecule has 146 valence electrons.